The van der Waals surface area contributed by atoms with Crippen molar-refractivity contribution in [2.75, 3.05) is 19.7 Å². The molecule has 0 bridgehead atoms. The van der Waals surface area contributed by atoms with Crippen molar-refractivity contribution in [1.29, 1.82) is 0 Å². The normalized spacial score (nSPS) is 30.1. The van der Waals surface area contributed by atoms with Crippen LogP contribution in [0.4, 0.5) is 13.2 Å². The van der Waals surface area contributed by atoms with E-state index in [4.69, 9.17) is 4.74 Å². The highest BCUT2D eigenvalue weighted by atomic mass is 19.4. The molecule has 0 aromatic rings. The SMILES string of the molecule is C[C@H](N[C@H]1CCN(CC(F)(F)F)C1=O)[C@H]1CCCO1. The van der Waals surface area contributed by atoms with Gasteiger partial charge >= 0.3 is 6.18 Å². The number of nitrogens with one attached hydrogen (secondary N) is 1. The third kappa shape index (κ3) is 3.82. The fourth-order valence-electron chi connectivity index (χ4n) is 2.69. The number of halogens is 3. The summed E-state index contributed by atoms with van der Waals surface area (Å²) in [5.41, 5.74) is 0. The number of rotatable bonds is 4. The average Bonchev–Trinajstić information content (AvgIpc) is 2.92. The molecule has 2 aliphatic heterocycles. The van der Waals surface area contributed by atoms with Crippen molar-refractivity contribution in [3.8, 4) is 0 Å². The molecule has 0 aromatic carbocycles. The minimum absolute atomic E-state index is 0.0118. The highest BCUT2D eigenvalue weighted by Crippen LogP contribution is 2.22. The number of nitrogens with zero attached hydrogens (tertiary/aromatic N) is 1. The van der Waals surface area contributed by atoms with Crippen molar-refractivity contribution < 1.29 is 22.7 Å². The Balaban J connectivity index is 1.84. The van der Waals surface area contributed by atoms with Gasteiger partial charge in [-0.25, -0.2) is 0 Å². The molecule has 2 fully saturated rings. The van der Waals surface area contributed by atoms with E-state index in [2.05, 4.69) is 5.32 Å². The van der Waals surface area contributed by atoms with Crippen LogP contribution in [0.25, 0.3) is 0 Å². The second-order valence-corrected chi connectivity index (χ2v) is 5.22. The number of amides is 1. The first-order valence-corrected chi connectivity index (χ1v) is 6.60. The molecule has 19 heavy (non-hydrogen) atoms. The lowest BCUT2D eigenvalue weighted by Crippen LogP contribution is -2.48. The van der Waals surface area contributed by atoms with Crippen LogP contribution in [0.15, 0.2) is 0 Å². The molecule has 0 radical (unpaired) electrons. The molecule has 0 saturated carbocycles. The van der Waals surface area contributed by atoms with Crippen LogP contribution in [0, 0.1) is 0 Å². The highest BCUT2D eigenvalue weighted by molar-refractivity contribution is 5.84. The topological polar surface area (TPSA) is 41.6 Å². The Labute approximate surface area is 110 Å². The first kappa shape index (κ1) is 14.6. The van der Waals surface area contributed by atoms with E-state index in [1.165, 1.54) is 0 Å². The van der Waals surface area contributed by atoms with Gasteiger partial charge in [0, 0.05) is 19.2 Å². The molecule has 2 rings (SSSR count). The molecule has 0 aliphatic carbocycles. The zero-order valence-electron chi connectivity index (χ0n) is 10.9. The Morgan fingerprint density at radius 3 is 2.79 bits per heavy atom. The summed E-state index contributed by atoms with van der Waals surface area (Å²) in [7, 11) is 0. The maximum absolute atomic E-state index is 12.3. The molecule has 2 aliphatic rings. The number of likely N-dealkylation sites (tertiary alicyclic amines) is 1. The Hall–Kier alpha value is -0.820. The van der Waals surface area contributed by atoms with Gasteiger partial charge < -0.3 is 15.0 Å². The summed E-state index contributed by atoms with van der Waals surface area (Å²) < 4.78 is 42.3. The Bertz CT molecular complexity index is 329. The van der Waals surface area contributed by atoms with E-state index < -0.39 is 24.7 Å². The summed E-state index contributed by atoms with van der Waals surface area (Å²) >= 11 is 0. The van der Waals surface area contributed by atoms with Gasteiger partial charge in [0.1, 0.15) is 6.54 Å². The molecule has 1 N–H and O–H groups in total. The van der Waals surface area contributed by atoms with Gasteiger partial charge in [0.2, 0.25) is 5.91 Å². The summed E-state index contributed by atoms with van der Waals surface area (Å²) in [6.07, 6.45) is -1.92. The number of ether oxygens (including phenoxy) is 1. The fraction of sp³-hybridized carbons (Fsp3) is 0.917. The number of carbonyl (C=O) groups is 1. The Morgan fingerprint density at radius 1 is 1.47 bits per heavy atom. The predicted octanol–water partition coefficient (Wildman–Crippen LogP) is 1.31. The van der Waals surface area contributed by atoms with E-state index in [1.807, 2.05) is 6.92 Å². The quantitative estimate of drug-likeness (QED) is 0.844. The predicted molar refractivity (Wildman–Crippen MR) is 62.6 cm³/mol. The van der Waals surface area contributed by atoms with Gasteiger partial charge in [0.25, 0.3) is 0 Å². The Kier molecular flexibility index (Phi) is 4.35. The first-order chi connectivity index (χ1) is 8.87. The fourth-order valence-corrected chi connectivity index (χ4v) is 2.69. The van der Waals surface area contributed by atoms with Crippen LogP contribution >= 0.6 is 0 Å². The second kappa shape index (κ2) is 5.66. The lowest BCUT2D eigenvalue weighted by Gasteiger charge is -2.24. The zero-order valence-corrected chi connectivity index (χ0v) is 10.9. The van der Waals surface area contributed by atoms with Crippen molar-refractivity contribution >= 4 is 5.91 Å². The molecule has 4 nitrogen and oxygen atoms in total. The van der Waals surface area contributed by atoms with Gasteiger partial charge in [0.15, 0.2) is 0 Å². The number of hydrogen-bond acceptors (Lipinski definition) is 3. The van der Waals surface area contributed by atoms with Gasteiger partial charge in [-0.15, -0.1) is 0 Å². The second-order valence-electron chi connectivity index (χ2n) is 5.22. The number of alkyl halides is 3. The average molecular weight is 280 g/mol. The van der Waals surface area contributed by atoms with Crippen LogP contribution in [0.5, 0.6) is 0 Å². The molecule has 0 aromatic heterocycles. The van der Waals surface area contributed by atoms with Crippen LogP contribution in [0.3, 0.4) is 0 Å². The van der Waals surface area contributed by atoms with Crippen LogP contribution in [-0.2, 0) is 9.53 Å². The molecular weight excluding hydrogens is 261 g/mol. The minimum atomic E-state index is -4.33. The van der Waals surface area contributed by atoms with Gasteiger partial charge in [0.05, 0.1) is 12.1 Å². The van der Waals surface area contributed by atoms with Gasteiger partial charge in [-0.1, -0.05) is 0 Å². The molecule has 0 unspecified atom stereocenters. The molecule has 3 atom stereocenters. The number of carbonyl (C=O) groups excluding carboxylic acids is 1. The zero-order chi connectivity index (χ0) is 14.0. The number of hydrogen-bond donors (Lipinski definition) is 1. The van der Waals surface area contributed by atoms with E-state index in [1.54, 1.807) is 0 Å². The van der Waals surface area contributed by atoms with Gasteiger partial charge in [-0.05, 0) is 26.2 Å². The summed E-state index contributed by atoms with van der Waals surface area (Å²) in [4.78, 5) is 12.7. The summed E-state index contributed by atoms with van der Waals surface area (Å²) in [5.74, 6) is -0.456. The highest BCUT2D eigenvalue weighted by Gasteiger charge is 2.40. The lowest BCUT2D eigenvalue weighted by molar-refractivity contribution is -0.158. The van der Waals surface area contributed by atoms with Crippen LogP contribution in [-0.4, -0.2) is 54.9 Å². The smallest absolute Gasteiger partial charge is 0.377 e. The molecule has 2 heterocycles. The largest absolute Gasteiger partial charge is 0.406 e. The monoisotopic (exact) mass is 280 g/mol. The molecule has 110 valence electrons. The van der Waals surface area contributed by atoms with E-state index in [0.717, 1.165) is 24.3 Å². The van der Waals surface area contributed by atoms with Crippen LogP contribution < -0.4 is 5.32 Å². The van der Waals surface area contributed by atoms with Crippen molar-refractivity contribution in [2.24, 2.45) is 0 Å². The lowest BCUT2D eigenvalue weighted by atomic mass is 10.1. The molecule has 1 amide bonds. The van der Waals surface area contributed by atoms with E-state index >= 15 is 0 Å². The van der Waals surface area contributed by atoms with Crippen molar-refractivity contribution in [3.63, 3.8) is 0 Å². The molecular formula is C12H19F3N2O2. The Morgan fingerprint density at radius 2 is 2.21 bits per heavy atom. The third-order valence-corrected chi connectivity index (χ3v) is 3.65. The van der Waals surface area contributed by atoms with Crippen LogP contribution in [0.1, 0.15) is 26.2 Å². The van der Waals surface area contributed by atoms with Crippen molar-refractivity contribution in [1.82, 2.24) is 10.2 Å². The van der Waals surface area contributed by atoms with Gasteiger partial charge in [-0.2, -0.15) is 13.2 Å². The maximum atomic E-state index is 12.3. The third-order valence-electron chi connectivity index (χ3n) is 3.65. The summed E-state index contributed by atoms with van der Waals surface area (Å²) in [6.45, 7) is 1.64. The van der Waals surface area contributed by atoms with E-state index in [9.17, 15) is 18.0 Å². The van der Waals surface area contributed by atoms with Crippen molar-refractivity contribution in [3.05, 3.63) is 0 Å². The summed E-state index contributed by atoms with van der Waals surface area (Å²) in [5, 5.41) is 3.10. The maximum Gasteiger partial charge on any atom is 0.406 e. The van der Waals surface area contributed by atoms with Crippen LogP contribution in [0.2, 0.25) is 0 Å². The van der Waals surface area contributed by atoms with E-state index in [-0.39, 0.29) is 18.7 Å². The molecule has 2 saturated heterocycles. The first-order valence-electron chi connectivity index (χ1n) is 6.60. The van der Waals surface area contributed by atoms with Crippen molar-refractivity contribution in [2.45, 2.75) is 50.6 Å². The molecule has 0 spiro atoms. The molecule has 7 heteroatoms. The van der Waals surface area contributed by atoms with Gasteiger partial charge in [-0.3, -0.25) is 4.79 Å². The summed E-state index contributed by atoms with van der Waals surface area (Å²) in [6, 6.07) is -0.524. The standard InChI is InChI=1S/C12H19F3N2O2/c1-8(10-3-2-6-19-10)16-9-4-5-17(11(9)18)7-12(13,14)15/h8-10,16H,2-7H2,1H3/t8-,9-,10+/m0/s1. The van der Waals surface area contributed by atoms with E-state index in [0.29, 0.717) is 6.42 Å². The minimum Gasteiger partial charge on any atom is -0.377 e.